The van der Waals surface area contributed by atoms with Crippen molar-refractivity contribution in [3.8, 4) is 11.5 Å². The van der Waals surface area contributed by atoms with Crippen molar-refractivity contribution in [1.29, 1.82) is 0 Å². The van der Waals surface area contributed by atoms with Gasteiger partial charge in [0.25, 0.3) is 0 Å². The van der Waals surface area contributed by atoms with Gasteiger partial charge in [-0.1, -0.05) is 17.8 Å². The van der Waals surface area contributed by atoms with Crippen LogP contribution in [-0.2, 0) is 14.3 Å². The number of aliphatic imine (C=N–C) groups is 1. The van der Waals surface area contributed by atoms with Crippen molar-refractivity contribution in [2.24, 2.45) is 4.99 Å². The normalized spacial score (nSPS) is 19.8. The van der Waals surface area contributed by atoms with Crippen LogP contribution in [0.4, 0.5) is 0 Å². The Kier molecular flexibility index (Phi) is 6.45. The highest BCUT2D eigenvalue weighted by molar-refractivity contribution is 8.16. The quantitative estimate of drug-likeness (QED) is 0.598. The number of carbonyl (C=O) groups is 2. The van der Waals surface area contributed by atoms with Gasteiger partial charge in [0.05, 0.1) is 44.6 Å². The van der Waals surface area contributed by atoms with Crippen molar-refractivity contribution in [2.75, 3.05) is 20.8 Å². The molecule has 1 amide bonds. The number of fused-ring (bicyclic) bond motifs is 1. The van der Waals surface area contributed by atoms with E-state index >= 15 is 0 Å². The number of amidine groups is 1. The van der Waals surface area contributed by atoms with Crippen LogP contribution >= 0.6 is 11.8 Å². The molecule has 1 aromatic carbocycles. The number of allylic oxidation sites excluding steroid dienone is 1. The van der Waals surface area contributed by atoms with Gasteiger partial charge in [-0.2, -0.15) is 0 Å². The second kappa shape index (κ2) is 9.28. The molecule has 170 valence electrons. The van der Waals surface area contributed by atoms with Crippen molar-refractivity contribution in [1.82, 2.24) is 10.2 Å². The molecular formula is C23H27N3O5S. The van der Waals surface area contributed by atoms with E-state index in [9.17, 15) is 9.59 Å². The largest absolute Gasteiger partial charge is 0.493 e. The molecule has 9 heteroatoms. The molecule has 1 N–H and O–H groups in total. The van der Waals surface area contributed by atoms with E-state index in [0.29, 0.717) is 22.8 Å². The third-order valence-corrected chi connectivity index (χ3v) is 6.39. The third-order valence-electron chi connectivity index (χ3n) is 5.50. The number of rotatable bonds is 8. The van der Waals surface area contributed by atoms with Crippen LogP contribution in [0.5, 0.6) is 11.5 Å². The number of benzene rings is 1. The van der Waals surface area contributed by atoms with Crippen LogP contribution in [0.2, 0.25) is 0 Å². The number of hydrogen-bond acceptors (Lipinski definition) is 8. The van der Waals surface area contributed by atoms with Gasteiger partial charge < -0.3 is 24.4 Å². The van der Waals surface area contributed by atoms with Crippen molar-refractivity contribution in [3.05, 3.63) is 46.1 Å². The summed E-state index contributed by atoms with van der Waals surface area (Å²) in [7, 11) is 3.15. The fourth-order valence-corrected chi connectivity index (χ4v) is 4.81. The molecule has 1 aromatic rings. The highest BCUT2D eigenvalue weighted by Crippen LogP contribution is 2.46. The van der Waals surface area contributed by atoms with E-state index in [-0.39, 0.29) is 25.0 Å². The first-order valence-electron chi connectivity index (χ1n) is 10.6. The lowest BCUT2D eigenvalue weighted by molar-refractivity contribution is -0.139. The number of ether oxygens (including phenoxy) is 3. The van der Waals surface area contributed by atoms with E-state index < -0.39 is 12.0 Å². The van der Waals surface area contributed by atoms with Crippen molar-refractivity contribution in [3.63, 3.8) is 0 Å². The average molecular weight is 458 g/mol. The summed E-state index contributed by atoms with van der Waals surface area (Å²) in [4.78, 5) is 32.2. The number of carbonyl (C=O) groups excluding carboxylic acids is 2. The number of esters is 1. The van der Waals surface area contributed by atoms with Gasteiger partial charge in [0.1, 0.15) is 0 Å². The van der Waals surface area contributed by atoms with Crippen LogP contribution in [0, 0.1) is 0 Å². The summed E-state index contributed by atoms with van der Waals surface area (Å²) in [6.07, 6.45) is 2.26. The number of nitrogens with one attached hydrogen (secondary N) is 1. The van der Waals surface area contributed by atoms with E-state index in [1.807, 2.05) is 35.4 Å². The van der Waals surface area contributed by atoms with Gasteiger partial charge in [0.15, 0.2) is 16.7 Å². The average Bonchev–Trinajstić information content (AvgIpc) is 3.51. The lowest BCUT2D eigenvalue weighted by atomic mass is 9.93. The Morgan fingerprint density at radius 1 is 1.22 bits per heavy atom. The Balaban J connectivity index is 1.75. The summed E-state index contributed by atoms with van der Waals surface area (Å²) in [5, 5.41) is 5.69. The summed E-state index contributed by atoms with van der Waals surface area (Å²) in [5.41, 5.74) is 2.65. The Morgan fingerprint density at radius 2 is 1.97 bits per heavy atom. The van der Waals surface area contributed by atoms with E-state index in [1.165, 1.54) is 11.8 Å². The minimum Gasteiger partial charge on any atom is -0.493 e. The maximum absolute atomic E-state index is 13.0. The van der Waals surface area contributed by atoms with Crippen LogP contribution in [-0.4, -0.2) is 48.8 Å². The Morgan fingerprint density at radius 3 is 2.62 bits per heavy atom. The van der Waals surface area contributed by atoms with Crippen LogP contribution in [0.3, 0.4) is 0 Å². The van der Waals surface area contributed by atoms with E-state index in [4.69, 9.17) is 14.2 Å². The fourth-order valence-electron chi connectivity index (χ4n) is 3.85. The molecule has 1 atom stereocenters. The first kappa shape index (κ1) is 22.3. The van der Waals surface area contributed by atoms with E-state index in [2.05, 4.69) is 10.3 Å². The van der Waals surface area contributed by atoms with Crippen LogP contribution < -0.4 is 14.8 Å². The molecule has 2 aliphatic heterocycles. The third kappa shape index (κ3) is 4.34. The van der Waals surface area contributed by atoms with Crippen molar-refractivity contribution >= 4 is 28.8 Å². The molecule has 2 heterocycles. The lowest BCUT2D eigenvalue weighted by Crippen LogP contribution is -2.38. The van der Waals surface area contributed by atoms with E-state index in [1.54, 1.807) is 21.1 Å². The van der Waals surface area contributed by atoms with Crippen LogP contribution in [0.1, 0.15) is 44.7 Å². The lowest BCUT2D eigenvalue weighted by Gasteiger charge is -2.36. The second-order valence-corrected chi connectivity index (χ2v) is 8.58. The van der Waals surface area contributed by atoms with Gasteiger partial charge in [0.2, 0.25) is 5.91 Å². The van der Waals surface area contributed by atoms with Gasteiger partial charge in [-0.3, -0.25) is 4.79 Å². The zero-order valence-electron chi connectivity index (χ0n) is 18.6. The Bertz CT molecular complexity index is 1030. The zero-order valence-corrected chi connectivity index (χ0v) is 19.5. The molecule has 4 rings (SSSR count). The molecule has 32 heavy (non-hydrogen) atoms. The molecule has 0 bridgehead atoms. The molecule has 1 saturated carbocycles. The van der Waals surface area contributed by atoms with Gasteiger partial charge >= 0.3 is 5.97 Å². The molecule has 0 spiro atoms. The van der Waals surface area contributed by atoms with Crippen molar-refractivity contribution < 1.29 is 23.8 Å². The van der Waals surface area contributed by atoms with E-state index in [0.717, 1.165) is 29.3 Å². The molecule has 1 fully saturated rings. The molecule has 0 aromatic heterocycles. The smallest absolute Gasteiger partial charge is 0.338 e. The first-order chi connectivity index (χ1) is 15.5. The molecular weight excluding hydrogens is 430 g/mol. The first-order valence-corrected chi connectivity index (χ1v) is 11.5. The van der Waals surface area contributed by atoms with Crippen LogP contribution in [0.15, 0.2) is 45.6 Å². The van der Waals surface area contributed by atoms with Gasteiger partial charge in [0, 0.05) is 11.7 Å². The predicted octanol–water partition coefficient (Wildman–Crippen LogP) is 3.51. The molecule has 0 unspecified atom stereocenters. The maximum atomic E-state index is 13.0. The summed E-state index contributed by atoms with van der Waals surface area (Å²) in [5.74, 6) is 0.690. The van der Waals surface area contributed by atoms with Gasteiger partial charge in [-0.05, 0) is 49.8 Å². The van der Waals surface area contributed by atoms with Gasteiger partial charge in [-0.15, -0.1) is 0 Å². The number of methoxy groups -OCH3 is 2. The molecule has 3 aliphatic rings. The minimum atomic E-state index is -0.503. The number of thioether (sulfide) groups is 1. The number of hydrogen-bond donors (Lipinski definition) is 1. The fraction of sp³-hybridized carbons (Fsp3) is 0.435. The monoisotopic (exact) mass is 457 g/mol. The van der Waals surface area contributed by atoms with Gasteiger partial charge in [-0.25, -0.2) is 9.79 Å². The predicted molar refractivity (Wildman–Crippen MR) is 122 cm³/mol. The molecule has 8 nitrogen and oxygen atoms in total. The molecule has 0 saturated heterocycles. The topological polar surface area (TPSA) is 89.5 Å². The maximum Gasteiger partial charge on any atom is 0.338 e. The zero-order chi connectivity index (χ0) is 22.8. The summed E-state index contributed by atoms with van der Waals surface area (Å²) < 4.78 is 16.3. The standard InChI is InChI=1S/C23H27N3O5S/c1-5-31-22(28)20-13(2)24-23-26(16(12-32-23)11-19(27)25-15-7-8-15)21(20)14-6-9-17(29-3)18(10-14)30-4/h6,9-10,12,15,21H,5,7-8,11H2,1-4H3,(H,25,27)/t21-/m1/s1. The summed E-state index contributed by atoms with van der Waals surface area (Å²) in [6, 6.07) is 5.34. The number of nitrogens with zero attached hydrogens (tertiary/aromatic N) is 2. The van der Waals surface area contributed by atoms with Crippen LogP contribution in [0.25, 0.3) is 0 Å². The molecule has 1 aliphatic carbocycles. The SMILES string of the molecule is CCOC(=O)C1=C(C)N=C2SC=C(CC(=O)NC3CC3)N2[C@@H]1c1ccc(OC)c(OC)c1. The molecule has 0 radical (unpaired) electrons. The summed E-state index contributed by atoms with van der Waals surface area (Å²) >= 11 is 1.45. The highest BCUT2D eigenvalue weighted by Gasteiger charge is 2.41. The van der Waals surface area contributed by atoms with Crippen molar-refractivity contribution in [2.45, 2.75) is 45.2 Å². The Hall–Kier alpha value is -2.94. The highest BCUT2D eigenvalue weighted by atomic mass is 32.2. The minimum absolute atomic E-state index is 0.0318. The Labute approximate surface area is 191 Å². The summed E-state index contributed by atoms with van der Waals surface area (Å²) in [6.45, 7) is 3.84. The number of amides is 1. The second-order valence-electron chi connectivity index (χ2n) is 7.75.